The van der Waals surface area contributed by atoms with Gasteiger partial charge in [-0.15, -0.1) is 11.3 Å². The molecule has 0 saturated carbocycles. The van der Waals surface area contributed by atoms with Gasteiger partial charge in [0.1, 0.15) is 4.88 Å². The first kappa shape index (κ1) is 14.0. The van der Waals surface area contributed by atoms with E-state index in [1.54, 1.807) is 0 Å². The standard InChI is InChI=1S/C9H11ClO3S3/c1-5(2)15-9(11)8-7(10)6(4-14-8)16(3,12)13/h4-5H,1-3H3. The Morgan fingerprint density at radius 1 is 1.50 bits per heavy atom. The smallest absolute Gasteiger partial charge is 0.231 e. The summed E-state index contributed by atoms with van der Waals surface area (Å²) in [4.78, 5) is 12.1. The molecule has 1 aromatic heterocycles. The molecular weight excluding hydrogens is 288 g/mol. The molecule has 0 aliphatic carbocycles. The van der Waals surface area contributed by atoms with Crippen LogP contribution >= 0.6 is 34.7 Å². The maximum Gasteiger partial charge on any atom is 0.231 e. The maximum absolute atomic E-state index is 11.7. The summed E-state index contributed by atoms with van der Waals surface area (Å²) < 4.78 is 22.6. The molecule has 90 valence electrons. The van der Waals surface area contributed by atoms with Crippen LogP contribution in [0.5, 0.6) is 0 Å². The van der Waals surface area contributed by atoms with Gasteiger partial charge < -0.3 is 0 Å². The second-order valence-electron chi connectivity index (χ2n) is 3.47. The molecule has 1 heterocycles. The van der Waals surface area contributed by atoms with E-state index >= 15 is 0 Å². The van der Waals surface area contributed by atoms with E-state index in [0.717, 1.165) is 29.4 Å². The van der Waals surface area contributed by atoms with Crippen LogP contribution in [0.25, 0.3) is 0 Å². The molecule has 0 atom stereocenters. The summed E-state index contributed by atoms with van der Waals surface area (Å²) in [6.07, 6.45) is 1.07. The minimum atomic E-state index is -3.36. The van der Waals surface area contributed by atoms with Gasteiger partial charge in [0.25, 0.3) is 0 Å². The molecule has 0 radical (unpaired) electrons. The van der Waals surface area contributed by atoms with E-state index in [4.69, 9.17) is 11.6 Å². The van der Waals surface area contributed by atoms with E-state index in [-0.39, 0.29) is 20.3 Å². The van der Waals surface area contributed by atoms with E-state index in [9.17, 15) is 13.2 Å². The van der Waals surface area contributed by atoms with E-state index in [1.807, 2.05) is 13.8 Å². The SMILES string of the molecule is CC(C)SC(=O)c1scc(S(C)(=O)=O)c1Cl. The third-order valence-electron chi connectivity index (χ3n) is 1.63. The minimum Gasteiger partial charge on any atom is -0.281 e. The van der Waals surface area contributed by atoms with Crippen molar-refractivity contribution >= 4 is 49.7 Å². The van der Waals surface area contributed by atoms with Crippen LogP contribution in [0, 0.1) is 0 Å². The zero-order valence-electron chi connectivity index (χ0n) is 8.98. The number of rotatable bonds is 3. The van der Waals surface area contributed by atoms with Gasteiger partial charge in [-0.05, 0) is 0 Å². The predicted molar refractivity (Wildman–Crippen MR) is 69.5 cm³/mol. The van der Waals surface area contributed by atoms with Gasteiger partial charge >= 0.3 is 0 Å². The minimum absolute atomic E-state index is 0.0341. The van der Waals surface area contributed by atoms with Crippen LogP contribution < -0.4 is 0 Å². The number of hydrogen-bond donors (Lipinski definition) is 0. The molecule has 1 rings (SSSR count). The van der Waals surface area contributed by atoms with Gasteiger partial charge in [0.15, 0.2) is 9.84 Å². The fourth-order valence-corrected chi connectivity index (χ4v) is 4.71. The number of halogens is 1. The number of thiophene rings is 1. The summed E-state index contributed by atoms with van der Waals surface area (Å²) in [5, 5.41) is 1.42. The van der Waals surface area contributed by atoms with E-state index in [0.29, 0.717) is 4.88 Å². The first-order valence-corrected chi connectivity index (χ1v) is 8.44. The molecule has 16 heavy (non-hydrogen) atoms. The summed E-state index contributed by atoms with van der Waals surface area (Å²) in [7, 11) is -3.36. The number of sulfone groups is 1. The average Bonchev–Trinajstić information content (AvgIpc) is 2.44. The zero-order chi connectivity index (χ0) is 12.5. The van der Waals surface area contributed by atoms with Crippen molar-refractivity contribution in [1.29, 1.82) is 0 Å². The van der Waals surface area contributed by atoms with E-state index in [1.165, 1.54) is 5.38 Å². The monoisotopic (exact) mass is 298 g/mol. The molecular formula is C9H11ClO3S3. The molecule has 0 unspecified atom stereocenters. The number of carbonyl (C=O) groups excluding carboxylic acids is 1. The molecule has 0 fully saturated rings. The van der Waals surface area contributed by atoms with Crippen molar-refractivity contribution in [2.75, 3.05) is 6.26 Å². The fourth-order valence-electron chi connectivity index (χ4n) is 0.983. The molecule has 7 heteroatoms. The van der Waals surface area contributed by atoms with Crippen molar-refractivity contribution in [2.24, 2.45) is 0 Å². The first-order valence-electron chi connectivity index (χ1n) is 4.41. The Bertz CT molecular complexity index is 502. The van der Waals surface area contributed by atoms with Gasteiger partial charge in [-0.25, -0.2) is 8.42 Å². The van der Waals surface area contributed by atoms with Crippen LogP contribution in [0.15, 0.2) is 10.3 Å². The van der Waals surface area contributed by atoms with Crippen molar-refractivity contribution in [2.45, 2.75) is 24.0 Å². The Morgan fingerprint density at radius 2 is 2.06 bits per heavy atom. The highest BCUT2D eigenvalue weighted by molar-refractivity contribution is 8.14. The Balaban J connectivity index is 3.11. The van der Waals surface area contributed by atoms with Gasteiger partial charge in [-0.3, -0.25) is 4.79 Å². The predicted octanol–water partition coefficient (Wildman–Crippen LogP) is 3.09. The summed E-state index contributed by atoms with van der Waals surface area (Å²) in [6, 6.07) is 0. The van der Waals surface area contributed by atoms with Crippen LogP contribution in [0.1, 0.15) is 23.5 Å². The summed E-state index contributed by atoms with van der Waals surface area (Å²) in [5.41, 5.74) is 0. The topological polar surface area (TPSA) is 51.2 Å². The molecule has 0 aliphatic heterocycles. The Labute approximate surface area is 108 Å². The molecule has 0 N–H and O–H groups in total. The van der Waals surface area contributed by atoms with Gasteiger partial charge in [-0.2, -0.15) is 0 Å². The lowest BCUT2D eigenvalue weighted by Crippen LogP contribution is -1.99. The van der Waals surface area contributed by atoms with Gasteiger partial charge in [0.2, 0.25) is 5.12 Å². The third kappa shape index (κ3) is 3.23. The quantitative estimate of drug-likeness (QED) is 0.860. The molecule has 0 aliphatic rings. The van der Waals surface area contributed by atoms with Crippen LogP contribution in [-0.2, 0) is 9.84 Å². The number of thioether (sulfide) groups is 1. The third-order valence-corrected chi connectivity index (χ3v) is 5.51. The van der Waals surface area contributed by atoms with Crippen LogP contribution in [0.4, 0.5) is 0 Å². The van der Waals surface area contributed by atoms with Crippen molar-refractivity contribution in [3.05, 3.63) is 15.3 Å². The van der Waals surface area contributed by atoms with Crippen molar-refractivity contribution in [3.63, 3.8) is 0 Å². The van der Waals surface area contributed by atoms with Crippen molar-refractivity contribution < 1.29 is 13.2 Å². The summed E-state index contributed by atoms with van der Waals surface area (Å²) in [6.45, 7) is 3.78. The second kappa shape index (κ2) is 5.08. The average molecular weight is 299 g/mol. The lowest BCUT2D eigenvalue weighted by atomic mass is 10.5. The molecule has 1 aromatic rings. The molecule has 0 amide bonds. The molecule has 0 spiro atoms. The van der Waals surface area contributed by atoms with Crippen LogP contribution in [-0.4, -0.2) is 25.0 Å². The van der Waals surface area contributed by atoms with Gasteiger partial charge in [-0.1, -0.05) is 37.2 Å². The highest BCUT2D eigenvalue weighted by Gasteiger charge is 2.22. The van der Waals surface area contributed by atoms with E-state index < -0.39 is 9.84 Å². The first-order chi connectivity index (χ1) is 7.23. The normalized spacial score (nSPS) is 12.1. The molecule has 0 aromatic carbocycles. The van der Waals surface area contributed by atoms with Crippen molar-refractivity contribution in [3.8, 4) is 0 Å². The molecule has 0 bridgehead atoms. The second-order valence-corrected chi connectivity index (χ2v) is 8.26. The summed E-state index contributed by atoms with van der Waals surface area (Å²) in [5.74, 6) is 0. The van der Waals surface area contributed by atoms with Crippen LogP contribution in [0.2, 0.25) is 5.02 Å². The lowest BCUT2D eigenvalue weighted by Gasteiger charge is -2.01. The van der Waals surface area contributed by atoms with Gasteiger partial charge in [0.05, 0.1) is 9.92 Å². The fraction of sp³-hybridized carbons (Fsp3) is 0.444. The molecule has 0 saturated heterocycles. The number of carbonyl (C=O) groups is 1. The highest BCUT2D eigenvalue weighted by Crippen LogP contribution is 2.34. The van der Waals surface area contributed by atoms with Crippen LogP contribution in [0.3, 0.4) is 0 Å². The summed E-state index contributed by atoms with van der Waals surface area (Å²) >= 11 is 8.09. The largest absolute Gasteiger partial charge is 0.281 e. The highest BCUT2D eigenvalue weighted by atomic mass is 35.5. The zero-order valence-corrected chi connectivity index (χ0v) is 12.2. The Kier molecular flexibility index (Phi) is 4.45. The Morgan fingerprint density at radius 3 is 2.44 bits per heavy atom. The van der Waals surface area contributed by atoms with Crippen molar-refractivity contribution in [1.82, 2.24) is 0 Å². The maximum atomic E-state index is 11.7. The van der Waals surface area contributed by atoms with Gasteiger partial charge in [0, 0.05) is 16.9 Å². The van der Waals surface area contributed by atoms with E-state index in [2.05, 4.69) is 0 Å². The Hall–Kier alpha value is -0.0400. The lowest BCUT2D eigenvalue weighted by molar-refractivity contribution is 0.109. The number of hydrogen-bond acceptors (Lipinski definition) is 5. The molecule has 3 nitrogen and oxygen atoms in total.